The van der Waals surface area contributed by atoms with E-state index in [0.717, 1.165) is 17.5 Å². The molecule has 0 saturated carbocycles. The van der Waals surface area contributed by atoms with Gasteiger partial charge in [-0.3, -0.25) is 9.78 Å². The number of rotatable bonds is 8. The minimum Gasteiger partial charge on any atom is -0.413 e. The topological polar surface area (TPSA) is 73.3 Å². The number of hydrogen-bond donors (Lipinski definition) is 0. The Morgan fingerprint density at radius 3 is 2.41 bits per heavy atom. The summed E-state index contributed by atoms with van der Waals surface area (Å²) in [7, 11) is 1.59. The van der Waals surface area contributed by atoms with Gasteiger partial charge in [0.25, 0.3) is 0 Å². The molecule has 2 aromatic rings. The average molecular weight is 438 g/mol. The van der Waals surface area contributed by atoms with E-state index in [1.54, 1.807) is 19.4 Å². The van der Waals surface area contributed by atoms with Crippen molar-refractivity contribution in [3.63, 3.8) is 0 Å². The van der Waals surface area contributed by atoms with Crippen molar-refractivity contribution < 1.29 is 23.6 Å². The zero-order valence-corrected chi connectivity index (χ0v) is 19.4. The van der Waals surface area contributed by atoms with Crippen molar-refractivity contribution in [2.45, 2.75) is 52.5 Å². The SMILES string of the molecule is CC(C)(C)CC(=O)[C@@H](CCCc1ccncc1)C(=O)[N+]1(C)C(=O)OC[C@@H]1c1ccccc1. The zero-order chi connectivity index (χ0) is 23.4. The number of benzene rings is 1. The normalized spacial score (nSPS) is 21.8. The molecule has 3 rings (SSSR count). The molecule has 1 aromatic carbocycles. The van der Waals surface area contributed by atoms with Gasteiger partial charge in [0, 0.05) is 24.4 Å². The first-order valence-corrected chi connectivity index (χ1v) is 11.2. The van der Waals surface area contributed by atoms with Crippen molar-refractivity contribution in [1.29, 1.82) is 0 Å². The van der Waals surface area contributed by atoms with Crippen LogP contribution in [0.2, 0.25) is 0 Å². The Kier molecular flexibility index (Phi) is 7.24. The maximum absolute atomic E-state index is 13.9. The largest absolute Gasteiger partial charge is 0.524 e. The Bertz CT molecular complexity index is 953. The standard InChI is InChI=1S/C26H33N2O4/c1-26(2,3)17-23(29)21(12-8-9-19-13-15-27-16-14-19)24(30)28(4)22(18-32-25(28)31)20-10-6-5-7-11-20/h5-7,10-11,13-16,21-22H,8-9,12,17-18H2,1-4H3/q+1/t21-,22-,28?/m1/s1. The number of quaternary nitrogens is 1. The number of aryl methyl sites for hydroxylation is 1. The lowest BCUT2D eigenvalue weighted by atomic mass is 9.82. The average Bonchev–Trinajstić information content (AvgIpc) is 3.06. The Balaban J connectivity index is 1.86. The van der Waals surface area contributed by atoms with E-state index in [-0.39, 0.29) is 30.1 Å². The van der Waals surface area contributed by atoms with Gasteiger partial charge in [-0.25, -0.2) is 4.79 Å². The number of likely N-dealkylation sites (N-methyl/N-ethyl adjacent to an activating group) is 1. The first-order chi connectivity index (χ1) is 15.1. The van der Waals surface area contributed by atoms with Crippen LogP contribution in [0.1, 0.15) is 57.2 Å². The third-order valence-electron chi connectivity index (χ3n) is 6.11. The molecule has 2 amide bonds. The van der Waals surface area contributed by atoms with Crippen LogP contribution in [0.3, 0.4) is 0 Å². The monoisotopic (exact) mass is 437 g/mol. The van der Waals surface area contributed by atoms with E-state index in [4.69, 9.17) is 4.74 Å². The number of ketones is 1. The minimum atomic E-state index is -0.849. The summed E-state index contributed by atoms with van der Waals surface area (Å²) in [5, 5.41) is 0. The quantitative estimate of drug-likeness (QED) is 0.434. The van der Waals surface area contributed by atoms with E-state index in [2.05, 4.69) is 4.98 Å². The fourth-order valence-corrected chi connectivity index (χ4v) is 4.33. The summed E-state index contributed by atoms with van der Waals surface area (Å²) in [5.41, 5.74) is 1.72. The molecule has 1 aliphatic rings. The highest BCUT2D eigenvalue weighted by atomic mass is 16.6. The molecule has 0 radical (unpaired) electrons. The number of cyclic esters (lactones) is 1. The lowest BCUT2D eigenvalue weighted by Gasteiger charge is -2.31. The number of nitrogens with zero attached hydrogens (tertiary/aromatic N) is 2. The summed E-state index contributed by atoms with van der Waals surface area (Å²) in [6, 6.07) is 12.9. The molecule has 0 aliphatic carbocycles. The third-order valence-corrected chi connectivity index (χ3v) is 6.11. The van der Waals surface area contributed by atoms with E-state index in [1.807, 2.05) is 63.2 Å². The van der Waals surface area contributed by atoms with Gasteiger partial charge >= 0.3 is 12.0 Å². The fourth-order valence-electron chi connectivity index (χ4n) is 4.33. The number of carbonyl (C=O) groups excluding carboxylic acids is 3. The van der Waals surface area contributed by atoms with Crippen LogP contribution in [-0.2, 0) is 20.7 Å². The molecular formula is C26H33N2O4+. The smallest absolute Gasteiger partial charge is 0.413 e. The van der Waals surface area contributed by atoms with Gasteiger partial charge in [0.2, 0.25) is 0 Å². The lowest BCUT2D eigenvalue weighted by Crippen LogP contribution is -2.55. The molecule has 170 valence electrons. The fraction of sp³-hybridized carbons (Fsp3) is 0.462. The Labute approximate surface area is 190 Å². The van der Waals surface area contributed by atoms with Crippen LogP contribution in [0.25, 0.3) is 0 Å². The van der Waals surface area contributed by atoms with Crippen molar-refractivity contribution in [3.8, 4) is 0 Å². The highest BCUT2D eigenvalue weighted by Gasteiger charge is 2.58. The third kappa shape index (κ3) is 5.30. The van der Waals surface area contributed by atoms with Crippen molar-refractivity contribution in [1.82, 2.24) is 4.98 Å². The predicted octanol–water partition coefficient (Wildman–Crippen LogP) is 4.89. The molecule has 1 unspecified atom stereocenters. The molecular weight excluding hydrogens is 404 g/mol. The molecule has 1 fully saturated rings. The molecule has 3 atom stereocenters. The molecule has 1 aromatic heterocycles. The number of hydrogen-bond acceptors (Lipinski definition) is 5. The Hall–Kier alpha value is -2.86. The summed E-state index contributed by atoms with van der Waals surface area (Å²) in [4.78, 5) is 44.0. The van der Waals surface area contributed by atoms with Gasteiger partial charge in [-0.1, -0.05) is 51.1 Å². The van der Waals surface area contributed by atoms with Gasteiger partial charge in [-0.05, 0) is 42.4 Å². The number of pyridine rings is 1. The van der Waals surface area contributed by atoms with Crippen molar-refractivity contribution in [2.24, 2.45) is 11.3 Å². The molecule has 0 bridgehead atoms. The van der Waals surface area contributed by atoms with Gasteiger partial charge in [-0.2, -0.15) is 9.28 Å². The maximum atomic E-state index is 13.9. The number of imide groups is 1. The van der Waals surface area contributed by atoms with Gasteiger partial charge in [0.15, 0.2) is 12.6 Å². The number of Topliss-reactive ketones (excluding diaryl/α,β-unsaturated/α-hetero) is 1. The number of amides is 2. The second kappa shape index (κ2) is 9.74. The van der Waals surface area contributed by atoms with E-state index in [1.165, 1.54) is 0 Å². The molecule has 1 aliphatic heterocycles. The summed E-state index contributed by atoms with van der Waals surface area (Å²) in [6.45, 7) is 6.08. The zero-order valence-electron chi connectivity index (χ0n) is 19.4. The lowest BCUT2D eigenvalue weighted by molar-refractivity contribution is -0.778. The van der Waals surface area contributed by atoms with E-state index >= 15 is 0 Å². The molecule has 1 saturated heterocycles. The highest BCUT2D eigenvalue weighted by Crippen LogP contribution is 2.37. The second-order valence-electron chi connectivity index (χ2n) is 9.92. The molecule has 0 spiro atoms. The van der Waals surface area contributed by atoms with Gasteiger partial charge in [-0.15, -0.1) is 0 Å². The van der Waals surface area contributed by atoms with Crippen molar-refractivity contribution in [2.75, 3.05) is 13.7 Å². The number of aromatic nitrogens is 1. The second-order valence-corrected chi connectivity index (χ2v) is 9.92. The van der Waals surface area contributed by atoms with Gasteiger partial charge in [0.05, 0.1) is 7.05 Å². The van der Waals surface area contributed by atoms with Crippen LogP contribution in [0.5, 0.6) is 0 Å². The molecule has 32 heavy (non-hydrogen) atoms. The summed E-state index contributed by atoms with van der Waals surface area (Å²) < 4.78 is 4.83. The van der Waals surface area contributed by atoms with Crippen LogP contribution >= 0.6 is 0 Å². The van der Waals surface area contributed by atoms with E-state index in [9.17, 15) is 14.4 Å². The van der Waals surface area contributed by atoms with Gasteiger partial charge < -0.3 is 4.74 Å². The van der Waals surface area contributed by atoms with Crippen LogP contribution in [0.15, 0.2) is 54.9 Å². The summed E-state index contributed by atoms with van der Waals surface area (Å²) in [6.07, 6.45) is 4.97. The number of ether oxygens (including phenoxy) is 1. The maximum Gasteiger partial charge on any atom is 0.524 e. The van der Waals surface area contributed by atoms with Crippen LogP contribution in [0, 0.1) is 11.3 Å². The van der Waals surface area contributed by atoms with Gasteiger partial charge in [0.1, 0.15) is 11.7 Å². The van der Waals surface area contributed by atoms with E-state index in [0.29, 0.717) is 12.8 Å². The Morgan fingerprint density at radius 1 is 1.12 bits per heavy atom. The van der Waals surface area contributed by atoms with Crippen molar-refractivity contribution >= 4 is 17.8 Å². The predicted molar refractivity (Wildman–Crippen MR) is 121 cm³/mol. The summed E-state index contributed by atoms with van der Waals surface area (Å²) in [5.74, 6) is -1.33. The molecule has 0 N–H and O–H groups in total. The number of carbonyl (C=O) groups is 3. The van der Waals surface area contributed by atoms with Crippen LogP contribution < -0.4 is 0 Å². The van der Waals surface area contributed by atoms with E-state index < -0.39 is 22.5 Å². The van der Waals surface area contributed by atoms with Crippen molar-refractivity contribution in [3.05, 3.63) is 66.0 Å². The van der Waals surface area contributed by atoms with Crippen LogP contribution in [0.4, 0.5) is 4.79 Å². The minimum absolute atomic E-state index is 0.108. The molecule has 2 heterocycles. The molecule has 6 heteroatoms. The Morgan fingerprint density at radius 2 is 1.78 bits per heavy atom. The summed E-state index contributed by atoms with van der Waals surface area (Å²) >= 11 is 0. The highest BCUT2D eigenvalue weighted by molar-refractivity contribution is 6.01. The first kappa shape index (κ1) is 23.8. The van der Waals surface area contributed by atoms with Crippen LogP contribution in [-0.4, -0.2) is 40.9 Å². The molecule has 6 nitrogen and oxygen atoms in total. The first-order valence-electron chi connectivity index (χ1n) is 11.2.